The molecule has 0 aromatic carbocycles. The van der Waals surface area contributed by atoms with Crippen LogP contribution in [-0.4, -0.2) is 39.6 Å². The second kappa shape index (κ2) is 5.72. The molecule has 1 aromatic rings. The molecular formula is C10H11F3N2O4. The van der Waals surface area contributed by atoms with E-state index in [2.05, 4.69) is 9.84 Å². The number of alkyl halides is 3. The lowest BCUT2D eigenvalue weighted by Crippen LogP contribution is -2.18. The highest BCUT2D eigenvalue weighted by atomic mass is 19.4. The van der Waals surface area contributed by atoms with Crippen molar-refractivity contribution >= 4 is 11.9 Å². The summed E-state index contributed by atoms with van der Waals surface area (Å²) >= 11 is 0. The summed E-state index contributed by atoms with van der Waals surface area (Å²) in [4.78, 5) is 22.2. The van der Waals surface area contributed by atoms with E-state index in [0.29, 0.717) is 4.68 Å². The highest BCUT2D eigenvalue weighted by Crippen LogP contribution is 2.21. The number of rotatable bonds is 5. The van der Waals surface area contributed by atoms with Gasteiger partial charge in [-0.2, -0.15) is 18.3 Å². The Labute approximate surface area is 105 Å². The van der Waals surface area contributed by atoms with Gasteiger partial charge < -0.3 is 9.84 Å². The highest BCUT2D eigenvalue weighted by molar-refractivity contribution is 5.92. The molecule has 19 heavy (non-hydrogen) atoms. The Kier molecular flexibility index (Phi) is 4.52. The van der Waals surface area contributed by atoms with Crippen molar-refractivity contribution < 1.29 is 32.6 Å². The van der Waals surface area contributed by atoms with E-state index in [1.807, 2.05) is 0 Å². The maximum atomic E-state index is 12.1. The first kappa shape index (κ1) is 15.0. The average Bonchev–Trinajstić information content (AvgIpc) is 2.70. The average molecular weight is 280 g/mol. The predicted octanol–water partition coefficient (Wildman–Crippen LogP) is 1.71. The minimum absolute atomic E-state index is 0.0195. The van der Waals surface area contributed by atoms with Gasteiger partial charge in [0.2, 0.25) is 0 Å². The second-order valence-corrected chi connectivity index (χ2v) is 3.53. The van der Waals surface area contributed by atoms with Gasteiger partial charge in [-0.15, -0.1) is 0 Å². The Hall–Kier alpha value is -2.06. The fraction of sp³-hybridized carbons (Fsp3) is 0.500. The number of nitrogens with zero attached hydrogens (tertiary/aromatic N) is 2. The lowest BCUT2D eigenvalue weighted by atomic mass is 10.3. The molecule has 9 heteroatoms. The van der Waals surface area contributed by atoms with Crippen LogP contribution in [-0.2, 0) is 11.3 Å². The third kappa shape index (κ3) is 4.27. The first-order valence-electron chi connectivity index (χ1n) is 5.29. The van der Waals surface area contributed by atoms with E-state index in [1.54, 1.807) is 0 Å². The molecule has 1 aromatic heterocycles. The van der Waals surface area contributed by atoms with Crippen molar-refractivity contribution in [2.75, 3.05) is 6.61 Å². The number of aromatic nitrogens is 2. The topological polar surface area (TPSA) is 81.4 Å². The summed E-state index contributed by atoms with van der Waals surface area (Å²) in [6.07, 6.45) is -5.65. The number of carboxylic acid groups (broad SMARTS) is 1. The monoisotopic (exact) mass is 280 g/mol. The van der Waals surface area contributed by atoms with E-state index >= 15 is 0 Å². The Morgan fingerprint density at radius 1 is 1.47 bits per heavy atom. The Morgan fingerprint density at radius 2 is 2.11 bits per heavy atom. The zero-order chi connectivity index (χ0) is 14.6. The molecule has 1 N–H and O–H groups in total. The van der Waals surface area contributed by atoms with E-state index in [1.165, 1.54) is 6.92 Å². The van der Waals surface area contributed by atoms with Gasteiger partial charge >= 0.3 is 18.1 Å². The molecule has 106 valence electrons. The van der Waals surface area contributed by atoms with Crippen LogP contribution in [0, 0.1) is 0 Å². The molecule has 0 saturated carbocycles. The number of carbonyl (C=O) groups is 2. The summed E-state index contributed by atoms with van der Waals surface area (Å²) in [5.41, 5.74) is -0.825. The largest absolute Gasteiger partial charge is 0.476 e. The van der Waals surface area contributed by atoms with E-state index < -0.39 is 36.8 Å². The number of aromatic carboxylic acids is 1. The third-order valence-electron chi connectivity index (χ3n) is 2.09. The van der Waals surface area contributed by atoms with E-state index in [9.17, 15) is 22.8 Å². The van der Waals surface area contributed by atoms with Crippen LogP contribution in [0.25, 0.3) is 0 Å². The quantitative estimate of drug-likeness (QED) is 0.830. The van der Waals surface area contributed by atoms with Gasteiger partial charge in [0.15, 0.2) is 5.69 Å². The van der Waals surface area contributed by atoms with Gasteiger partial charge in [0.1, 0.15) is 5.69 Å². The lowest BCUT2D eigenvalue weighted by Gasteiger charge is -2.08. The number of ether oxygens (including phenoxy) is 1. The first-order chi connectivity index (χ1) is 8.74. The van der Waals surface area contributed by atoms with Gasteiger partial charge in [0.25, 0.3) is 0 Å². The molecule has 0 spiro atoms. The van der Waals surface area contributed by atoms with Gasteiger partial charge in [-0.3, -0.25) is 4.68 Å². The summed E-state index contributed by atoms with van der Waals surface area (Å²) in [7, 11) is 0. The molecule has 0 saturated heterocycles. The van der Waals surface area contributed by atoms with Crippen molar-refractivity contribution in [3.8, 4) is 0 Å². The van der Waals surface area contributed by atoms with Crippen LogP contribution < -0.4 is 0 Å². The van der Waals surface area contributed by atoms with Gasteiger partial charge in [0, 0.05) is 6.07 Å². The lowest BCUT2D eigenvalue weighted by molar-refractivity contribution is -0.137. The van der Waals surface area contributed by atoms with Crippen LogP contribution in [0.5, 0.6) is 0 Å². The van der Waals surface area contributed by atoms with E-state index in [0.717, 1.165) is 6.07 Å². The van der Waals surface area contributed by atoms with Crippen molar-refractivity contribution in [1.82, 2.24) is 9.78 Å². The minimum atomic E-state index is -4.43. The van der Waals surface area contributed by atoms with Crippen LogP contribution in [0.4, 0.5) is 13.2 Å². The van der Waals surface area contributed by atoms with Crippen molar-refractivity contribution in [3.63, 3.8) is 0 Å². The zero-order valence-corrected chi connectivity index (χ0v) is 9.90. The van der Waals surface area contributed by atoms with Crippen molar-refractivity contribution in [3.05, 3.63) is 17.5 Å². The number of halogens is 3. The number of esters is 1. The van der Waals surface area contributed by atoms with Gasteiger partial charge in [-0.05, 0) is 6.92 Å². The van der Waals surface area contributed by atoms with Crippen LogP contribution >= 0.6 is 0 Å². The Balaban J connectivity index is 2.99. The molecule has 0 aliphatic carbocycles. The molecule has 0 amide bonds. The summed E-state index contributed by atoms with van der Waals surface area (Å²) in [6, 6.07) is 0.886. The minimum Gasteiger partial charge on any atom is -0.476 e. The van der Waals surface area contributed by atoms with Gasteiger partial charge in [-0.25, -0.2) is 9.59 Å². The second-order valence-electron chi connectivity index (χ2n) is 3.53. The summed E-state index contributed by atoms with van der Waals surface area (Å²) < 4.78 is 41.7. The zero-order valence-electron chi connectivity index (χ0n) is 9.90. The van der Waals surface area contributed by atoms with Crippen LogP contribution in [0.3, 0.4) is 0 Å². The molecule has 1 rings (SSSR count). The molecule has 0 aliphatic heterocycles. The molecule has 0 fully saturated rings. The fourth-order valence-electron chi connectivity index (χ4n) is 1.29. The molecule has 6 nitrogen and oxygen atoms in total. The summed E-state index contributed by atoms with van der Waals surface area (Å²) in [6.45, 7) is 0.892. The molecule has 1 heterocycles. The van der Waals surface area contributed by atoms with Gasteiger partial charge in [-0.1, -0.05) is 0 Å². The van der Waals surface area contributed by atoms with E-state index in [4.69, 9.17) is 5.11 Å². The smallest absolute Gasteiger partial charge is 0.390 e. The van der Waals surface area contributed by atoms with Crippen molar-refractivity contribution in [2.45, 2.75) is 26.1 Å². The van der Waals surface area contributed by atoms with Gasteiger partial charge in [0.05, 0.1) is 19.6 Å². The highest BCUT2D eigenvalue weighted by Gasteiger charge is 2.28. The fourth-order valence-corrected chi connectivity index (χ4v) is 1.29. The van der Waals surface area contributed by atoms with Crippen LogP contribution in [0.1, 0.15) is 34.3 Å². The number of carbonyl (C=O) groups excluding carboxylic acids is 1. The predicted molar refractivity (Wildman–Crippen MR) is 55.8 cm³/mol. The maximum absolute atomic E-state index is 12.1. The number of aryl methyl sites for hydroxylation is 1. The molecule has 0 aliphatic rings. The van der Waals surface area contributed by atoms with Crippen LogP contribution in [0.2, 0.25) is 0 Å². The van der Waals surface area contributed by atoms with Crippen molar-refractivity contribution in [1.29, 1.82) is 0 Å². The summed E-state index contributed by atoms with van der Waals surface area (Å²) in [5.74, 6) is -2.35. The number of hydrogen-bond donors (Lipinski definition) is 1. The molecule has 0 bridgehead atoms. The maximum Gasteiger partial charge on any atom is 0.390 e. The van der Waals surface area contributed by atoms with Crippen LogP contribution in [0.15, 0.2) is 6.07 Å². The summed E-state index contributed by atoms with van der Waals surface area (Å²) in [5, 5.41) is 12.1. The van der Waals surface area contributed by atoms with Crippen molar-refractivity contribution in [2.24, 2.45) is 0 Å². The normalized spacial score (nSPS) is 11.4. The molecule has 0 radical (unpaired) electrons. The third-order valence-corrected chi connectivity index (χ3v) is 2.09. The Morgan fingerprint density at radius 3 is 2.58 bits per heavy atom. The Bertz CT molecular complexity index is 482. The SMILES string of the molecule is CCOC(=O)c1cc(C(=O)O)nn1CCC(F)(F)F. The number of hydrogen-bond acceptors (Lipinski definition) is 4. The first-order valence-corrected chi connectivity index (χ1v) is 5.29. The molecule has 0 unspecified atom stereocenters. The standard InChI is InChI=1S/C10H11F3N2O4/c1-2-19-9(18)7-5-6(8(16)17)14-15(7)4-3-10(11,12)13/h5H,2-4H2,1H3,(H,16,17). The molecule has 0 atom stereocenters. The molecular weight excluding hydrogens is 269 g/mol. The number of carboxylic acids is 1. The van der Waals surface area contributed by atoms with E-state index in [-0.39, 0.29) is 12.3 Å².